The van der Waals surface area contributed by atoms with E-state index in [2.05, 4.69) is 62.6 Å². The van der Waals surface area contributed by atoms with Gasteiger partial charge in [-0.3, -0.25) is 5.10 Å². The number of nitrogens with one attached hydrogen (secondary N) is 2. The van der Waals surface area contributed by atoms with Gasteiger partial charge in [-0.2, -0.15) is 5.10 Å². The second-order valence-corrected chi connectivity index (χ2v) is 4.99. The van der Waals surface area contributed by atoms with Gasteiger partial charge in [0.2, 0.25) is 0 Å². The Morgan fingerprint density at radius 3 is 3.05 bits per heavy atom. The van der Waals surface area contributed by atoms with Crippen molar-refractivity contribution in [3.05, 3.63) is 48.2 Å². The van der Waals surface area contributed by atoms with Crippen LogP contribution >= 0.6 is 0 Å². The highest BCUT2D eigenvalue weighted by atomic mass is 15.2. The van der Waals surface area contributed by atoms with Gasteiger partial charge in [0.25, 0.3) is 0 Å². The molecule has 0 saturated heterocycles. The predicted octanol–water partition coefficient (Wildman–Crippen LogP) is 2.02. The van der Waals surface area contributed by atoms with E-state index < -0.39 is 0 Å². The van der Waals surface area contributed by atoms with Crippen LogP contribution in [-0.2, 0) is 20.0 Å². The average molecular weight is 269 g/mol. The van der Waals surface area contributed by atoms with Crippen molar-refractivity contribution in [3.8, 4) is 0 Å². The summed E-state index contributed by atoms with van der Waals surface area (Å²) in [4.78, 5) is 4.12. The van der Waals surface area contributed by atoms with Gasteiger partial charge in [0.15, 0.2) is 0 Å². The second kappa shape index (κ2) is 5.88. The van der Waals surface area contributed by atoms with Crippen LogP contribution in [0.4, 0.5) is 0 Å². The summed E-state index contributed by atoms with van der Waals surface area (Å²) in [6, 6.07) is 8.51. The number of benzene rings is 1. The van der Waals surface area contributed by atoms with Crippen LogP contribution in [0.3, 0.4) is 0 Å². The number of aromatic nitrogens is 4. The van der Waals surface area contributed by atoms with Gasteiger partial charge in [-0.25, -0.2) is 4.98 Å². The predicted molar refractivity (Wildman–Crippen MR) is 79.3 cm³/mol. The zero-order chi connectivity index (χ0) is 13.8. The topological polar surface area (TPSA) is 58.5 Å². The molecule has 0 unspecified atom stereocenters. The summed E-state index contributed by atoms with van der Waals surface area (Å²) in [7, 11) is 2.09. The van der Waals surface area contributed by atoms with Gasteiger partial charge < -0.3 is 9.88 Å². The van der Waals surface area contributed by atoms with Crippen molar-refractivity contribution < 1.29 is 0 Å². The number of para-hydroxylation sites is 1. The van der Waals surface area contributed by atoms with Crippen molar-refractivity contribution in [2.75, 3.05) is 6.54 Å². The molecule has 0 fully saturated rings. The van der Waals surface area contributed by atoms with E-state index in [-0.39, 0.29) is 0 Å². The molecule has 0 saturated carbocycles. The smallest absolute Gasteiger partial charge is 0.137 e. The number of fused-ring (bicyclic) bond motifs is 1. The molecule has 5 nitrogen and oxygen atoms in total. The van der Waals surface area contributed by atoms with E-state index in [0.717, 1.165) is 31.8 Å². The molecule has 0 bridgehead atoms. The first-order chi connectivity index (χ1) is 9.84. The lowest BCUT2D eigenvalue weighted by atomic mass is 10.2. The zero-order valence-corrected chi connectivity index (χ0v) is 11.6. The second-order valence-electron chi connectivity index (χ2n) is 4.99. The molecule has 20 heavy (non-hydrogen) atoms. The van der Waals surface area contributed by atoms with Gasteiger partial charge in [0.05, 0.1) is 0 Å². The number of hydrogen-bond donors (Lipinski definition) is 2. The van der Waals surface area contributed by atoms with Crippen LogP contribution in [0.15, 0.2) is 36.8 Å². The lowest BCUT2D eigenvalue weighted by Gasteiger charge is -2.03. The van der Waals surface area contributed by atoms with Gasteiger partial charge in [0.1, 0.15) is 12.2 Å². The van der Waals surface area contributed by atoms with Crippen LogP contribution in [0.25, 0.3) is 10.9 Å². The zero-order valence-electron chi connectivity index (χ0n) is 11.6. The molecule has 2 N–H and O–H groups in total. The molecule has 3 aromatic rings. The van der Waals surface area contributed by atoms with E-state index in [9.17, 15) is 0 Å². The van der Waals surface area contributed by atoms with Crippen molar-refractivity contribution >= 4 is 10.9 Å². The van der Waals surface area contributed by atoms with Gasteiger partial charge >= 0.3 is 0 Å². The first-order valence-electron chi connectivity index (χ1n) is 6.92. The molecule has 0 aliphatic rings. The van der Waals surface area contributed by atoms with Crippen molar-refractivity contribution in [2.45, 2.75) is 19.4 Å². The minimum atomic E-state index is 0.901. The van der Waals surface area contributed by atoms with Gasteiger partial charge in [-0.05, 0) is 24.6 Å². The Morgan fingerprint density at radius 1 is 1.30 bits per heavy atom. The molecule has 0 spiro atoms. The maximum Gasteiger partial charge on any atom is 0.137 e. The molecular weight excluding hydrogens is 250 g/mol. The molecule has 0 radical (unpaired) electrons. The molecule has 1 aromatic carbocycles. The van der Waals surface area contributed by atoms with Crippen LogP contribution in [0.2, 0.25) is 0 Å². The van der Waals surface area contributed by atoms with E-state index in [1.165, 1.54) is 16.5 Å². The number of hydrogen-bond acceptors (Lipinski definition) is 3. The fourth-order valence-electron chi connectivity index (χ4n) is 2.52. The summed E-state index contributed by atoms with van der Waals surface area (Å²) < 4.78 is 2.18. The van der Waals surface area contributed by atoms with Crippen molar-refractivity contribution in [2.24, 2.45) is 7.05 Å². The molecule has 2 aromatic heterocycles. The third-order valence-electron chi connectivity index (χ3n) is 3.53. The monoisotopic (exact) mass is 269 g/mol. The van der Waals surface area contributed by atoms with Crippen molar-refractivity contribution in [1.29, 1.82) is 0 Å². The Kier molecular flexibility index (Phi) is 3.78. The van der Waals surface area contributed by atoms with Gasteiger partial charge in [-0.15, -0.1) is 0 Å². The number of nitrogens with zero attached hydrogens (tertiary/aromatic N) is 3. The molecule has 0 amide bonds. The largest absolute Gasteiger partial charge is 0.350 e. The van der Waals surface area contributed by atoms with Crippen LogP contribution in [0, 0.1) is 0 Å². The summed E-state index contributed by atoms with van der Waals surface area (Å²) >= 11 is 0. The maximum absolute atomic E-state index is 4.12. The first kappa shape index (κ1) is 12.9. The molecule has 0 aliphatic heterocycles. The van der Waals surface area contributed by atoms with Gasteiger partial charge in [0, 0.05) is 37.1 Å². The lowest BCUT2D eigenvalue weighted by Crippen LogP contribution is -2.15. The number of aryl methyl sites for hydroxylation is 2. The highest BCUT2D eigenvalue weighted by Gasteiger charge is 2.04. The molecule has 0 atom stereocenters. The molecule has 2 heterocycles. The highest BCUT2D eigenvalue weighted by Crippen LogP contribution is 2.19. The Bertz CT molecular complexity index is 669. The Hall–Kier alpha value is -2.14. The third-order valence-corrected chi connectivity index (χ3v) is 3.53. The maximum atomic E-state index is 4.12. The van der Waals surface area contributed by atoms with E-state index >= 15 is 0 Å². The fourth-order valence-corrected chi connectivity index (χ4v) is 2.52. The fraction of sp³-hybridized carbons (Fsp3) is 0.333. The summed E-state index contributed by atoms with van der Waals surface area (Å²) in [6.07, 6.45) is 5.75. The lowest BCUT2D eigenvalue weighted by molar-refractivity contribution is 0.640. The minimum Gasteiger partial charge on any atom is -0.350 e. The standard InChI is InChI=1S/C15H19N5/c1-20-10-12(13-5-2-3-6-14(13)20)9-16-8-4-7-15-17-11-18-19-15/h2-3,5-6,10-11,16H,4,7-9H2,1H3,(H,17,18,19). The summed E-state index contributed by atoms with van der Waals surface area (Å²) in [6.45, 7) is 1.88. The SMILES string of the molecule is Cn1cc(CNCCCc2ncn[nH]2)c2ccccc21. The quantitative estimate of drug-likeness (QED) is 0.673. The molecular formula is C15H19N5. The Balaban J connectivity index is 1.52. The third kappa shape index (κ3) is 2.72. The number of rotatable bonds is 6. The van der Waals surface area contributed by atoms with Crippen LogP contribution < -0.4 is 5.32 Å². The van der Waals surface area contributed by atoms with E-state index in [4.69, 9.17) is 0 Å². The van der Waals surface area contributed by atoms with E-state index in [1.807, 2.05) is 0 Å². The first-order valence-corrected chi connectivity index (χ1v) is 6.92. The van der Waals surface area contributed by atoms with E-state index in [1.54, 1.807) is 6.33 Å². The molecule has 104 valence electrons. The van der Waals surface area contributed by atoms with Gasteiger partial charge in [-0.1, -0.05) is 18.2 Å². The van der Waals surface area contributed by atoms with Crippen LogP contribution in [0.1, 0.15) is 17.8 Å². The molecule has 0 aliphatic carbocycles. The number of aromatic amines is 1. The minimum absolute atomic E-state index is 0.901. The highest BCUT2D eigenvalue weighted by molar-refractivity contribution is 5.83. The average Bonchev–Trinajstić information content (AvgIpc) is 3.08. The normalized spacial score (nSPS) is 11.2. The van der Waals surface area contributed by atoms with Crippen molar-refractivity contribution in [1.82, 2.24) is 25.1 Å². The van der Waals surface area contributed by atoms with Crippen molar-refractivity contribution in [3.63, 3.8) is 0 Å². The Labute approximate surface area is 118 Å². The van der Waals surface area contributed by atoms with Crippen LogP contribution in [0.5, 0.6) is 0 Å². The summed E-state index contributed by atoms with van der Waals surface area (Å²) in [5, 5.41) is 11.6. The summed E-state index contributed by atoms with van der Waals surface area (Å²) in [5.41, 5.74) is 2.63. The molecule has 3 rings (SSSR count). The molecule has 5 heteroatoms. The number of H-pyrrole nitrogens is 1. The van der Waals surface area contributed by atoms with E-state index in [0.29, 0.717) is 0 Å². The summed E-state index contributed by atoms with van der Waals surface area (Å²) in [5.74, 6) is 0.956. The van der Waals surface area contributed by atoms with Crippen LogP contribution in [-0.4, -0.2) is 26.3 Å². The Morgan fingerprint density at radius 2 is 2.20 bits per heavy atom.